The molecule has 1 amide bonds. The number of carbonyl (C=O) groups excluding carboxylic acids is 1. The summed E-state index contributed by atoms with van der Waals surface area (Å²) in [6.07, 6.45) is 0. The van der Waals surface area contributed by atoms with Gasteiger partial charge in [-0.1, -0.05) is 12.1 Å². The molecule has 0 spiro atoms. The van der Waals surface area contributed by atoms with Crippen molar-refractivity contribution in [2.24, 2.45) is 0 Å². The van der Waals surface area contributed by atoms with Gasteiger partial charge in [0.05, 0.1) is 5.69 Å². The van der Waals surface area contributed by atoms with E-state index in [0.29, 0.717) is 4.88 Å². The summed E-state index contributed by atoms with van der Waals surface area (Å²) < 4.78 is 0. The highest BCUT2D eigenvalue weighted by molar-refractivity contribution is 7.13. The Labute approximate surface area is 129 Å². The van der Waals surface area contributed by atoms with Crippen molar-refractivity contribution in [3.63, 3.8) is 0 Å². The number of aromatic nitrogens is 1. The maximum absolute atomic E-state index is 12.4. The number of hydrogen-bond acceptors (Lipinski definition) is 4. The molecule has 1 N–H and O–H groups in total. The fourth-order valence-electron chi connectivity index (χ4n) is 2.05. The van der Waals surface area contributed by atoms with E-state index in [1.807, 2.05) is 58.0 Å². The van der Waals surface area contributed by atoms with Gasteiger partial charge in [-0.25, -0.2) is 4.98 Å². The molecule has 21 heavy (non-hydrogen) atoms. The van der Waals surface area contributed by atoms with Gasteiger partial charge < -0.3 is 10.2 Å². The molecule has 0 fully saturated rings. The number of rotatable bonds is 4. The third-order valence-corrected chi connectivity index (χ3v) is 4.28. The first-order valence-electron chi connectivity index (χ1n) is 6.86. The summed E-state index contributed by atoms with van der Waals surface area (Å²) in [7, 11) is 3.99. The number of hydrogen-bond donors (Lipinski definition) is 1. The third kappa shape index (κ3) is 3.89. The number of anilines is 1. The predicted octanol–water partition coefficient (Wildman–Crippen LogP) is 3.38. The Morgan fingerprint density at radius 1 is 1.29 bits per heavy atom. The number of thiazole rings is 1. The number of nitrogens with zero attached hydrogens (tertiary/aromatic N) is 2. The largest absolute Gasteiger partial charge is 0.321 e. The fraction of sp³-hybridized carbons (Fsp3) is 0.375. The Hall–Kier alpha value is -1.72. The summed E-state index contributed by atoms with van der Waals surface area (Å²) in [4.78, 5) is 19.6. The number of aryl methyl sites for hydroxylation is 3. The Kier molecular flexibility index (Phi) is 4.75. The van der Waals surface area contributed by atoms with Crippen LogP contribution in [0.5, 0.6) is 0 Å². The van der Waals surface area contributed by atoms with Gasteiger partial charge in [-0.05, 0) is 52.1 Å². The van der Waals surface area contributed by atoms with Crippen molar-refractivity contribution in [3.05, 3.63) is 44.9 Å². The summed E-state index contributed by atoms with van der Waals surface area (Å²) in [6, 6.07) is 6.05. The second kappa shape index (κ2) is 6.37. The van der Waals surface area contributed by atoms with E-state index in [2.05, 4.69) is 10.3 Å². The lowest BCUT2D eigenvalue weighted by molar-refractivity contribution is 0.102. The molecular formula is C16H21N3OS. The van der Waals surface area contributed by atoms with E-state index in [0.717, 1.165) is 34.1 Å². The monoisotopic (exact) mass is 303 g/mol. The van der Waals surface area contributed by atoms with Gasteiger partial charge in [0.2, 0.25) is 0 Å². The summed E-state index contributed by atoms with van der Waals surface area (Å²) >= 11 is 1.46. The van der Waals surface area contributed by atoms with Gasteiger partial charge in [-0.3, -0.25) is 4.79 Å². The first kappa shape index (κ1) is 15.7. The molecule has 0 saturated heterocycles. The van der Waals surface area contributed by atoms with Crippen molar-refractivity contribution in [1.29, 1.82) is 0 Å². The van der Waals surface area contributed by atoms with E-state index >= 15 is 0 Å². The van der Waals surface area contributed by atoms with Crippen LogP contribution >= 0.6 is 11.3 Å². The maximum Gasteiger partial charge on any atom is 0.267 e. The maximum atomic E-state index is 12.4. The molecule has 0 aliphatic carbocycles. The Balaban J connectivity index is 2.20. The van der Waals surface area contributed by atoms with E-state index in [1.54, 1.807) is 0 Å². The lowest BCUT2D eigenvalue weighted by Gasteiger charge is -2.08. The van der Waals surface area contributed by atoms with E-state index in [-0.39, 0.29) is 5.91 Å². The molecule has 0 unspecified atom stereocenters. The first-order valence-corrected chi connectivity index (χ1v) is 7.68. The second-order valence-electron chi connectivity index (χ2n) is 5.53. The minimum absolute atomic E-state index is 0.0799. The molecule has 2 aromatic rings. The normalized spacial score (nSPS) is 11.0. The van der Waals surface area contributed by atoms with Crippen LogP contribution in [0, 0.1) is 20.8 Å². The van der Waals surface area contributed by atoms with Crippen molar-refractivity contribution < 1.29 is 4.79 Å². The molecule has 4 nitrogen and oxygen atoms in total. The molecule has 0 aliphatic heterocycles. The molecule has 1 heterocycles. The first-order chi connectivity index (χ1) is 9.86. The molecule has 1 aromatic heterocycles. The van der Waals surface area contributed by atoms with Crippen LogP contribution in [-0.2, 0) is 6.54 Å². The van der Waals surface area contributed by atoms with Crippen LogP contribution in [0.2, 0.25) is 0 Å². The molecule has 5 heteroatoms. The quantitative estimate of drug-likeness (QED) is 0.941. The highest BCUT2D eigenvalue weighted by Crippen LogP contribution is 2.22. The smallest absolute Gasteiger partial charge is 0.267 e. The van der Waals surface area contributed by atoms with E-state index in [1.165, 1.54) is 11.3 Å². The van der Waals surface area contributed by atoms with Crippen LogP contribution in [0.15, 0.2) is 18.2 Å². The standard InChI is InChI=1S/C16H21N3OS/c1-10-6-7-11(2)13(8-10)18-16(20)15-12(3)17-14(21-15)9-19(4)5/h6-8H,9H2,1-5H3,(H,18,20). The van der Waals surface area contributed by atoms with Crippen molar-refractivity contribution in [1.82, 2.24) is 9.88 Å². The summed E-state index contributed by atoms with van der Waals surface area (Å²) in [5, 5.41) is 3.95. The summed E-state index contributed by atoms with van der Waals surface area (Å²) in [5.41, 5.74) is 3.84. The van der Waals surface area contributed by atoms with Crippen LogP contribution in [-0.4, -0.2) is 29.9 Å². The molecule has 0 bridgehead atoms. The van der Waals surface area contributed by atoms with Gasteiger partial charge in [-0.2, -0.15) is 0 Å². The SMILES string of the molecule is Cc1ccc(C)c(NC(=O)c2sc(CN(C)C)nc2C)c1. The third-order valence-electron chi connectivity index (χ3n) is 3.14. The minimum atomic E-state index is -0.0799. The fourth-order valence-corrected chi connectivity index (χ4v) is 3.13. The van der Waals surface area contributed by atoms with Crippen molar-refractivity contribution in [2.45, 2.75) is 27.3 Å². The Morgan fingerprint density at radius 3 is 2.67 bits per heavy atom. The zero-order valence-corrected chi connectivity index (χ0v) is 14.0. The van der Waals surface area contributed by atoms with E-state index in [4.69, 9.17) is 0 Å². The number of nitrogens with one attached hydrogen (secondary N) is 1. The van der Waals surface area contributed by atoms with Crippen LogP contribution in [0.25, 0.3) is 0 Å². The Morgan fingerprint density at radius 2 is 2.00 bits per heavy atom. The molecule has 0 radical (unpaired) electrons. The molecule has 2 rings (SSSR count). The zero-order chi connectivity index (χ0) is 15.6. The average Bonchev–Trinajstić information content (AvgIpc) is 2.74. The van der Waals surface area contributed by atoms with Gasteiger partial charge in [-0.15, -0.1) is 11.3 Å². The van der Waals surface area contributed by atoms with Crippen LogP contribution in [0.4, 0.5) is 5.69 Å². The van der Waals surface area contributed by atoms with Gasteiger partial charge in [0.1, 0.15) is 9.88 Å². The van der Waals surface area contributed by atoms with E-state index < -0.39 is 0 Å². The van der Waals surface area contributed by atoms with Gasteiger partial charge in [0.25, 0.3) is 5.91 Å². The predicted molar refractivity (Wildman–Crippen MR) is 88.1 cm³/mol. The summed E-state index contributed by atoms with van der Waals surface area (Å²) in [5.74, 6) is -0.0799. The van der Waals surface area contributed by atoms with E-state index in [9.17, 15) is 4.79 Å². The topological polar surface area (TPSA) is 45.2 Å². The van der Waals surface area contributed by atoms with Crippen molar-refractivity contribution in [2.75, 3.05) is 19.4 Å². The lowest BCUT2D eigenvalue weighted by Crippen LogP contribution is -2.12. The highest BCUT2D eigenvalue weighted by atomic mass is 32.1. The molecule has 1 aromatic carbocycles. The minimum Gasteiger partial charge on any atom is -0.321 e. The number of amides is 1. The van der Waals surface area contributed by atoms with Crippen LogP contribution < -0.4 is 5.32 Å². The average molecular weight is 303 g/mol. The second-order valence-corrected chi connectivity index (χ2v) is 6.62. The Bertz CT molecular complexity index is 662. The molecule has 0 aliphatic rings. The molecule has 0 atom stereocenters. The molecule has 0 saturated carbocycles. The lowest BCUT2D eigenvalue weighted by atomic mass is 10.1. The molecular weight excluding hydrogens is 282 g/mol. The summed E-state index contributed by atoms with van der Waals surface area (Å²) in [6.45, 7) is 6.64. The highest BCUT2D eigenvalue weighted by Gasteiger charge is 2.16. The van der Waals surface area contributed by atoms with Crippen LogP contribution in [0.3, 0.4) is 0 Å². The van der Waals surface area contributed by atoms with Gasteiger partial charge >= 0.3 is 0 Å². The number of carbonyl (C=O) groups is 1. The van der Waals surface area contributed by atoms with Crippen molar-refractivity contribution in [3.8, 4) is 0 Å². The van der Waals surface area contributed by atoms with Crippen molar-refractivity contribution >= 4 is 22.9 Å². The van der Waals surface area contributed by atoms with Crippen LogP contribution in [0.1, 0.15) is 31.5 Å². The molecule has 112 valence electrons. The zero-order valence-electron chi connectivity index (χ0n) is 13.2. The number of benzene rings is 1. The van der Waals surface area contributed by atoms with Gasteiger partial charge in [0.15, 0.2) is 0 Å². The van der Waals surface area contributed by atoms with Gasteiger partial charge in [0, 0.05) is 12.2 Å².